The van der Waals surface area contributed by atoms with Crippen molar-refractivity contribution in [2.45, 2.75) is 51.5 Å². The van der Waals surface area contributed by atoms with Crippen molar-refractivity contribution in [1.29, 1.82) is 0 Å². The first-order valence-electron chi connectivity index (χ1n) is 7.96. The van der Waals surface area contributed by atoms with Crippen molar-refractivity contribution in [3.05, 3.63) is 30.1 Å². The lowest BCUT2D eigenvalue weighted by atomic mass is 9.83. The lowest BCUT2D eigenvalue weighted by Gasteiger charge is -2.28. The molecule has 0 aliphatic heterocycles. The van der Waals surface area contributed by atoms with Gasteiger partial charge in [0.1, 0.15) is 5.82 Å². The molecule has 116 valence electrons. The van der Waals surface area contributed by atoms with Gasteiger partial charge in [-0.2, -0.15) is 0 Å². The molecule has 0 spiro atoms. The van der Waals surface area contributed by atoms with Crippen molar-refractivity contribution in [1.82, 2.24) is 5.32 Å². The Morgan fingerprint density at radius 3 is 2.48 bits per heavy atom. The van der Waals surface area contributed by atoms with E-state index in [1.807, 2.05) is 0 Å². The number of carbonyl (C=O) groups is 1. The number of halogens is 1. The van der Waals surface area contributed by atoms with Crippen LogP contribution in [0.3, 0.4) is 0 Å². The molecule has 0 aromatic heterocycles. The molecule has 0 saturated heterocycles. The van der Waals surface area contributed by atoms with Crippen molar-refractivity contribution < 1.29 is 9.18 Å². The second-order valence-corrected chi connectivity index (χ2v) is 5.94. The number of hydrogen-bond acceptors (Lipinski definition) is 2. The predicted octanol–water partition coefficient (Wildman–Crippen LogP) is 3.71. The normalized spacial score (nSPS) is 22.0. The van der Waals surface area contributed by atoms with Crippen LogP contribution in [-0.2, 0) is 4.79 Å². The standard InChI is InChI=1S/C17H25FN2O/c1-2-3-13-4-8-15(9-5-13)19-12-17(21)20-16-10-6-14(18)7-11-16/h6-7,10-11,13,15,19H,2-5,8-9,12H2,1H3,(H,20,21). The third-order valence-electron chi connectivity index (χ3n) is 4.22. The summed E-state index contributed by atoms with van der Waals surface area (Å²) in [7, 11) is 0. The molecule has 1 aliphatic rings. The Bertz CT molecular complexity index is 439. The maximum atomic E-state index is 12.8. The van der Waals surface area contributed by atoms with Crippen LogP contribution in [-0.4, -0.2) is 18.5 Å². The highest BCUT2D eigenvalue weighted by Gasteiger charge is 2.20. The lowest BCUT2D eigenvalue weighted by Crippen LogP contribution is -2.38. The van der Waals surface area contributed by atoms with Crippen LogP contribution >= 0.6 is 0 Å². The quantitative estimate of drug-likeness (QED) is 0.839. The Balaban J connectivity index is 1.66. The first-order valence-corrected chi connectivity index (χ1v) is 7.96. The van der Waals surface area contributed by atoms with E-state index >= 15 is 0 Å². The summed E-state index contributed by atoms with van der Waals surface area (Å²) in [4.78, 5) is 11.8. The molecule has 0 radical (unpaired) electrons. The van der Waals surface area contributed by atoms with Gasteiger partial charge in [0.15, 0.2) is 0 Å². The first kappa shape index (κ1) is 16.0. The van der Waals surface area contributed by atoms with Gasteiger partial charge < -0.3 is 10.6 Å². The third kappa shape index (κ3) is 5.46. The topological polar surface area (TPSA) is 41.1 Å². The van der Waals surface area contributed by atoms with Crippen molar-refractivity contribution in [3.8, 4) is 0 Å². The minimum absolute atomic E-state index is 0.0720. The molecule has 4 heteroatoms. The average molecular weight is 292 g/mol. The minimum atomic E-state index is -0.296. The van der Waals surface area contributed by atoms with Crippen LogP contribution in [0, 0.1) is 11.7 Å². The van der Waals surface area contributed by atoms with E-state index in [1.165, 1.54) is 37.8 Å². The zero-order chi connectivity index (χ0) is 15.1. The van der Waals surface area contributed by atoms with Crippen LogP contribution in [0.5, 0.6) is 0 Å². The summed E-state index contributed by atoms with van der Waals surface area (Å²) in [6.45, 7) is 2.56. The summed E-state index contributed by atoms with van der Waals surface area (Å²) in [6, 6.07) is 6.29. The van der Waals surface area contributed by atoms with Gasteiger partial charge in [0, 0.05) is 11.7 Å². The summed E-state index contributed by atoms with van der Waals surface area (Å²) < 4.78 is 12.8. The van der Waals surface area contributed by atoms with Gasteiger partial charge >= 0.3 is 0 Å². The van der Waals surface area contributed by atoms with E-state index in [0.29, 0.717) is 18.3 Å². The summed E-state index contributed by atoms with van der Waals surface area (Å²) in [5.41, 5.74) is 0.634. The maximum Gasteiger partial charge on any atom is 0.238 e. The molecular formula is C17H25FN2O. The summed E-state index contributed by atoms with van der Waals surface area (Å²) in [5.74, 6) is 0.508. The number of nitrogens with one attached hydrogen (secondary N) is 2. The molecule has 2 rings (SSSR count). The van der Waals surface area contributed by atoms with E-state index in [9.17, 15) is 9.18 Å². The van der Waals surface area contributed by atoms with Gasteiger partial charge in [-0.15, -0.1) is 0 Å². The molecular weight excluding hydrogens is 267 g/mol. The van der Waals surface area contributed by atoms with Crippen LogP contribution in [0.2, 0.25) is 0 Å². The second kappa shape index (κ2) is 8.13. The fraction of sp³-hybridized carbons (Fsp3) is 0.588. The van der Waals surface area contributed by atoms with E-state index < -0.39 is 0 Å². The highest BCUT2D eigenvalue weighted by Crippen LogP contribution is 2.27. The van der Waals surface area contributed by atoms with Crippen LogP contribution in [0.25, 0.3) is 0 Å². The summed E-state index contributed by atoms with van der Waals surface area (Å²) in [5, 5.41) is 6.10. The molecule has 1 fully saturated rings. The van der Waals surface area contributed by atoms with E-state index in [2.05, 4.69) is 17.6 Å². The van der Waals surface area contributed by atoms with E-state index in [4.69, 9.17) is 0 Å². The molecule has 3 nitrogen and oxygen atoms in total. The van der Waals surface area contributed by atoms with Gasteiger partial charge in [-0.1, -0.05) is 19.8 Å². The maximum absolute atomic E-state index is 12.8. The molecule has 0 bridgehead atoms. The van der Waals surface area contributed by atoms with Crippen LogP contribution in [0.4, 0.5) is 10.1 Å². The van der Waals surface area contributed by atoms with E-state index in [1.54, 1.807) is 12.1 Å². The lowest BCUT2D eigenvalue weighted by molar-refractivity contribution is -0.115. The van der Waals surface area contributed by atoms with Gasteiger partial charge in [-0.3, -0.25) is 4.79 Å². The number of hydrogen-bond donors (Lipinski definition) is 2. The second-order valence-electron chi connectivity index (χ2n) is 5.94. The number of rotatable bonds is 6. The average Bonchev–Trinajstić information content (AvgIpc) is 2.49. The summed E-state index contributed by atoms with van der Waals surface area (Å²) in [6.07, 6.45) is 7.46. The van der Waals surface area contributed by atoms with Crippen LogP contribution < -0.4 is 10.6 Å². The Morgan fingerprint density at radius 2 is 1.86 bits per heavy atom. The third-order valence-corrected chi connectivity index (χ3v) is 4.22. The molecule has 1 aliphatic carbocycles. The predicted molar refractivity (Wildman–Crippen MR) is 83.7 cm³/mol. The molecule has 0 heterocycles. The van der Waals surface area contributed by atoms with Crippen molar-refractivity contribution in [2.24, 2.45) is 5.92 Å². The van der Waals surface area contributed by atoms with Gasteiger partial charge in [-0.25, -0.2) is 4.39 Å². The van der Waals surface area contributed by atoms with Crippen LogP contribution in [0.15, 0.2) is 24.3 Å². The smallest absolute Gasteiger partial charge is 0.238 e. The van der Waals surface area contributed by atoms with Gasteiger partial charge in [-0.05, 0) is 55.9 Å². The van der Waals surface area contributed by atoms with Gasteiger partial charge in [0.2, 0.25) is 5.91 Å². The van der Waals surface area contributed by atoms with Crippen molar-refractivity contribution >= 4 is 11.6 Å². The Labute approximate surface area is 126 Å². The molecule has 2 N–H and O–H groups in total. The van der Waals surface area contributed by atoms with Gasteiger partial charge in [0.05, 0.1) is 6.54 Å². The zero-order valence-electron chi connectivity index (χ0n) is 12.7. The molecule has 1 aromatic carbocycles. The zero-order valence-corrected chi connectivity index (χ0v) is 12.7. The molecule has 1 saturated carbocycles. The molecule has 0 atom stereocenters. The highest BCUT2D eigenvalue weighted by molar-refractivity contribution is 5.92. The molecule has 1 aromatic rings. The van der Waals surface area contributed by atoms with E-state index in [0.717, 1.165) is 18.8 Å². The Kier molecular flexibility index (Phi) is 6.18. The Morgan fingerprint density at radius 1 is 1.19 bits per heavy atom. The monoisotopic (exact) mass is 292 g/mol. The molecule has 1 amide bonds. The largest absolute Gasteiger partial charge is 0.325 e. The molecule has 0 unspecified atom stereocenters. The van der Waals surface area contributed by atoms with Crippen LogP contribution in [0.1, 0.15) is 45.4 Å². The highest BCUT2D eigenvalue weighted by atomic mass is 19.1. The van der Waals surface area contributed by atoms with Crippen molar-refractivity contribution in [2.75, 3.05) is 11.9 Å². The number of amides is 1. The fourth-order valence-corrected chi connectivity index (χ4v) is 3.04. The minimum Gasteiger partial charge on any atom is -0.325 e. The number of carbonyl (C=O) groups excluding carboxylic acids is 1. The summed E-state index contributed by atoms with van der Waals surface area (Å²) >= 11 is 0. The first-order chi connectivity index (χ1) is 10.2. The molecule has 21 heavy (non-hydrogen) atoms. The number of anilines is 1. The van der Waals surface area contributed by atoms with Gasteiger partial charge in [0.25, 0.3) is 0 Å². The fourth-order valence-electron chi connectivity index (χ4n) is 3.04. The Hall–Kier alpha value is -1.42. The number of benzene rings is 1. The SMILES string of the molecule is CCCC1CCC(NCC(=O)Nc2ccc(F)cc2)CC1. The van der Waals surface area contributed by atoms with E-state index in [-0.39, 0.29) is 11.7 Å². The van der Waals surface area contributed by atoms with Crippen molar-refractivity contribution in [3.63, 3.8) is 0 Å².